The average Bonchev–Trinajstić information content (AvgIpc) is 3.37. The van der Waals surface area contributed by atoms with Gasteiger partial charge in [0.05, 0.1) is 13.0 Å². The second-order valence-electron chi connectivity index (χ2n) is 5.75. The number of alkyl halides is 1. The molecule has 0 unspecified atom stereocenters. The second-order valence-corrected chi connectivity index (χ2v) is 6.02. The molecule has 0 amide bonds. The van der Waals surface area contributed by atoms with Gasteiger partial charge >= 0.3 is 0 Å². The summed E-state index contributed by atoms with van der Waals surface area (Å²) in [5.41, 5.74) is 1.60. The van der Waals surface area contributed by atoms with Crippen LogP contribution in [0.2, 0.25) is 0 Å². The molecule has 2 aromatic heterocycles. The summed E-state index contributed by atoms with van der Waals surface area (Å²) < 4.78 is 7.57. The molecule has 0 spiro atoms. The molecule has 2 aliphatic carbocycles. The molecule has 0 aliphatic heterocycles. The lowest BCUT2D eigenvalue weighted by atomic mass is 10.1. The molecule has 0 atom stereocenters. The Kier molecular flexibility index (Phi) is 2.84. The predicted molar refractivity (Wildman–Crippen MR) is 75.9 cm³/mol. The van der Waals surface area contributed by atoms with Crippen molar-refractivity contribution in [3.63, 3.8) is 0 Å². The van der Waals surface area contributed by atoms with Gasteiger partial charge in [-0.25, -0.2) is 9.97 Å². The quantitative estimate of drug-likeness (QED) is 0.795. The van der Waals surface area contributed by atoms with Gasteiger partial charge in [0.25, 0.3) is 0 Å². The molecule has 0 N–H and O–H groups in total. The molecule has 20 heavy (non-hydrogen) atoms. The van der Waals surface area contributed by atoms with Crippen molar-refractivity contribution in [3.05, 3.63) is 12.2 Å². The highest BCUT2D eigenvalue weighted by Crippen LogP contribution is 2.53. The summed E-state index contributed by atoms with van der Waals surface area (Å²) >= 11 is 6.12. The zero-order chi connectivity index (χ0) is 13.7. The maximum atomic E-state index is 6.12. The highest BCUT2D eigenvalue weighted by molar-refractivity contribution is 6.16. The third kappa shape index (κ3) is 1.87. The van der Waals surface area contributed by atoms with Gasteiger partial charge in [0.2, 0.25) is 5.88 Å². The van der Waals surface area contributed by atoms with Crippen LogP contribution in [-0.2, 0) is 5.88 Å². The van der Waals surface area contributed by atoms with Crippen LogP contribution >= 0.6 is 11.6 Å². The van der Waals surface area contributed by atoms with E-state index in [0.29, 0.717) is 17.8 Å². The molecule has 2 saturated carbocycles. The third-order valence-electron chi connectivity index (χ3n) is 4.34. The standard InChI is InChI=1S/C14H17ClN4O/c1-20-14-11-13(16-7-17-14)19(10(6-15)18-11)12(8-2-3-8)9-4-5-9/h7-9,12H,2-6H2,1H3. The zero-order valence-corrected chi connectivity index (χ0v) is 12.2. The Bertz CT molecular complexity index is 636. The van der Waals surface area contributed by atoms with Gasteiger partial charge in [-0.2, -0.15) is 4.98 Å². The molecule has 0 saturated heterocycles. The van der Waals surface area contributed by atoms with E-state index in [0.717, 1.165) is 28.8 Å². The fourth-order valence-electron chi connectivity index (χ4n) is 3.17. The Morgan fingerprint density at radius 1 is 1.30 bits per heavy atom. The van der Waals surface area contributed by atoms with E-state index in [9.17, 15) is 0 Å². The summed E-state index contributed by atoms with van der Waals surface area (Å²) in [7, 11) is 1.61. The monoisotopic (exact) mass is 292 g/mol. The molecule has 0 bridgehead atoms. The van der Waals surface area contributed by atoms with Crippen molar-refractivity contribution in [2.45, 2.75) is 37.6 Å². The van der Waals surface area contributed by atoms with Gasteiger partial charge in [-0.15, -0.1) is 11.6 Å². The number of halogens is 1. The van der Waals surface area contributed by atoms with E-state index in [4.69, 9.17) is 16.3 Å². The topological polar surface area (TPSA) is 52.8 Å². The van der Waals surface area contributed by atoms with Crippen molar-refractivity contribution in [3.8, 4) is 5.88 Å². The Hall–Kier alpha value is -1.36. The van der Waals surface area contributed by atoms with Crippen LogP contribution in [0.3, 0.4) is 0 Å². The normalized spacial score (nSPS) is 18.9. The molecule has 4 rings (SSSR count). The maximum Gasteiger partial charge on any atom is 0.245 e. The molecule has 2 heterocycles. The van der Waals surface area contributed by atoms with Gasteiger partial charge in [-0.1, -0.05) is 0 Å². The first-order chi connectivity index (χ1) is 9.83. The van der Waals surface area contributed by atoms with E-state index >= 15 is 0 Å². The van der Waals surface area contributed by atoms with Crippen molar-refractivity contribution in [1.29, 1.82) is 0 Å². The van der Waals surface area contributed by atoms with Gasteiger partial charge in [0.15, 0.2) is 11.2 Å². The van der Waals surface area contributed by atoms with Crippen molar-refractivity contribution in [2.24, 2.45) is 11.8 Å². The molecule has 0 aromatic carbocycles. The Balaban J connectivity index is 1.91. The van der Waals surface area contributed by atoms with Gasteiger partial charge in [0, 0.05) is 6.04 Å². The minimum absolute atomic E-state index is 0.398. The number of imidazole rings is 1. The van der Waals surface area contributed by atoms with Crippen molar-refractivity contribution in [2.75, 3.05) is 7.11 Å². The smallest absolute Gasteiger partial charge is 0.245 e. The second kappa shape index (κ2) is 4.58. The summed E-state index contributed by atoms with van der Waals surface area (Å²) in [6.07, 6.45) is 6.79. The third-order valence-corrected chi connectivity index (χ3v) is 4.58. The lowest BCUT2D eigenvalue weighted by Crippen LogP contribution is -2.16. The minimum Gasteiger partial charge on any atom is -0.479 e. The SMILES string of the molecule is COc1ncnc2c1nc(CCl)n2C(C1CC1)C1CC1. The van der Waals surface area contributed by atoms with Crippen LogP contribution in [0.15, 0.2) is 6.33 Å². The number of hydrogen-bond donors (Lipinski definition) is 0. The Labute approximate surface area is 122 Å². The lowest BCUT2D eigenvalue weighted by Gasteiger charge is -2.20. The first kappa shape index (κ1) is 12.4. The van der Waals surface area contributed by atoms with Crippen LogP contribution in [-0.4, -0.2) is 26.6 Å². The summed E-state index contributed by atoms with van der Waals surface area (Å²) in [4.78, 5) is 13.2. The molecule has 0 radical (unpaired) electrons. The fraction of sp³-hybridized carbons (Fsp3) is 0.643. The highest BCUT2D eigenvalue weighted by Gasteiger charge is 2.44. The van der Waals surface area contributed by atoms with Crippen LogP contribution < -0.4 is 4.74 Å². The zero-order valence-electron chi connectivity index (χ0n) is 11.4. The highest BCUT2D eigenvalue weighted by atomic mass is 35.5. The van der Waals surface area contributed by atoms with Crippen LogP contribution in [0.25, 0.3) is 11.2 Å². The minimum atomic E-state index is 0.398. The van der Waals surface area contributed by atoms with E-state index < -0.39 is 0 Å². The number of fused-ring (bicyclic) bond motifs is 1. The Morgan fingerprint density at radius 2 is 2.00 bits per heavy atom. The van der Waals surface area contributed by atoms with Gasteiger partial charge in [0.1, 0.15) is 12.2 Å². The van der Waals surface area contributed by atoms with E-state index in [1.165, 1.54) is 25.7 Å². The first-order valence-corrected chi connectivity index (χ1v) is 7.68. The number of methoxy groups -OCH3 is 1. The molecule has 6 heteroatoms. The molecular weight excluding hydrogens is 276 g/mol. The van der Waals surface area contributed by atoms with Gasteiger partial charge < -0.3 is 9.30 Å². The predicted octanol–water partition coefficient (Wildman–Crippen LogP) is 2.93. The number of aromatic nitrogens is 4. The molecular formula is C14H17ClN4O. The van der Waals surface area contributed by atoms with E-state index in [1.807, 2.05) is 0 Å². The maximum absolute atomic E-state index is 6.12. The summed E-state index contributed by atoms with van der Waals surface area (Å²) in [5, 5.41) is 0. The Morgan fingerprint density at radius 3 is 2.55 bits per heavy atom. The van der Waals surface area contributed by atoms with Crippen molar-refractivity contribution >= 4 is 22.8 Å². The van der Waals surface area contributed by atoms with Crippen LogP contribution in [0.1, 0.15) is 37.5 Å². The first-order valence-electron chi connectivity index (χ1n) is 7.15. The van der Waals surface area contributed by atoms with E-state index in [-0.39, 0.29) is 0 Å². The number of hydrogen-bond acceptors (Lipinski definition) is 4. The number of rotatable bonds is 5. The molecule has 5 nitrogen and oxygen atoms in total. The summed E-state index contributed by atoms with van der Waals surface area (Å²) in [6.45, 7) is 0. The number of ether oxygens (including phenoxy) is 1. The van der Waals surface area contributed by atoms with Crippen LogP contribution in [0.4, 0.5) is 0 Å². The van der Waals surface area contributed by atoms with Gasteiger partial charge in [-0.05, 0) is 37.5 Å². The largest absolute Gasteiger partial charge is 0.479 e. The molecule has 2 aliphatic rings. The fourth-order valence-corrected chi connectivity index (χ4v) is 3.36. The van der Waals surface area contributed by atoms with Crippen LogP contribution in [0.5, 0.6) is 5.88 Å². The lowest BCUT2D eigenvalue weighted by molar-refractivity contribution is 0.392. The summed E-state index contributed by atoms with van der Waals surface area (Å²) in [5.74, 6) is 3.36. The van der Waals surface area contributed by atoms with E-state index in [1.54, 1.807) is 13.4 Å². The van der Waals surface area contributed by atoms with Crippen molar-refractivity contribution in [1.82, 2.24) is 19.5 Å². The van der Waals surface area contributed by atoms with E-state index in [2.05, 4.69) is 19.5 Å². The van der Waals surface area contributed by atoms with Crippen LogP contribution in [0, 0.1) is 11.8 Å². The molecule has 2 aromatic rings. The summed E-state index contributed by atoms with van der Waals surface area (Å²) in [6, 6.07) is 0.508. The molecule has 106 valence electrons. The molecule has 2 fully saturated rings. The van der Waals surface area contributed by atoms with Crippen molar-refractivity contribution < 1.29 is 4.74 Å². The van der Waals surface area contributed by atoms with Gasteiger partial charge in [-0.3, -0.25) is 0 Å². The average molecular weight is 293 g/mol. The number of nitrogens with zero attached hydrogens (tertiary/aromatic N) is 4.